The summed E-state index contributed by atoms with van der Waals surface area (Å²) in [6, 6.07) is 0.407. The van der Waals surface area contributed by atoms with Gasteiger partial charge in [-0.25, -0.2) is 0 Å². The Morgan fingerprint density at radius 3 is 2.88 bits per heavy atom. The molecule has 2 heterocycles. The molecule has 0 spiro atoms. The van der Waals surface area contributed by atoms with Gasteiger partial charge in [0.15, 0.2) is 0 Å². The zero-order valence-corrected chi connectivity index (χ0v) is 15.7. The first-order chi connectivity index (χ1) is 12.7. The van der Waals surface area contributed by atoms with E-state index in [-0.39, 0.29) is 17.8 Å². The lowest BCUT2D eigenvalue weighted by molar-refractivity contribution is -0.0159. The van der Waals surface area contributed by atoms with Crippen LogP contribution >= 0.6 is 0 Å². The Kier molecular flexibility index (Phi) is 5.55. The third kappa shape index (κ3) is 4.26. The van der Waals surface area contributed by atoms with Gasteiger partial charge >= 0.3 is 0 Å². The molecule has 1 aliphatic heterocycles. The van der Waals surface area contributed by atoms with E-state index in [1.165, 1.54) is 25.7 Å². The van der Waals surface area contributed by atoms with E-state index in [9.17, 15) is 4.79 Å². The lowest BCUT2D eigenvalue weighted by atomic mass is 9.88. The predicted octanol–water partition coefficient (Wildman–Crippen LogP) is 2.69. The van der Waals surface area contributed by atoms with Gasteiger partial charge < -0.3 is 14.6 Å². The number of amides is 1. The smallest absolute Gasteiger partial charge is 0.292 e. The minimum Gasteiger partial charge on any atom is -0.377 e. The van der Waals surface area contributed by atoms with Crippen LogP contribution in [0.1, 0.15) is 80.8 Å². The maximum absolute atomic E-state index is 12.1. The van der Waals surface area contributed by atoms with E-state index >= 15 is 0 Å². The van der Waals surface area contributed by atoms with Crippen LogP contribution in [0.2, 0.25) is 0 Å². The molecule has 144 valence electrons. The van der Waals surface area contributed by atoms with Crippen LogP contribution in [-0.2, 0) is 4.74 Å². The first kappa shape index (κ1) is 17.9. The number of ether oxygens (including phenoxy) is 1. The molecule has 3 fully saturated rings. The summed E-state index contributed by atoms with van der Waals surface area (Å²) < 4.78 is 11.6. The van der Waals surface area contributed by atoms with Crippen LogP contribution in [0.3, 0.4) is 0 Å². The number of aromatic nitrogens is 2. The van der Waals surface area contributed by atoms with Crippen molar-refractivity contribution in [2.24, 2.45) is 5.92 Å². The first-order valence-corrected chi connectivity index (χ1v) is 10.2. The highest BCUT2D eigenvalue weighted by atomic mass is 16.5. The van der Waals surface area contributed by atoms with Crippen molar-refractivity contribution < 1.29 is 14.1 Å². The second kappa shape index (κ2) is 8.05. The summed E-state index contributed by atoms with van der Waals surface area (Å²) >= 11 is 0. The number of hydrogen-bond donors (Lipinski definition) is 1. The Balaban J connectivity index is 1.29. The molecule has 1 N–H and O–H groups in total. The van der Waals surface area contributed by atoms with E-state index in [1.54, 1.807) is 0 Å². The fourth-order valence-corrected chi connectivity index (χ4v) is 4.17. The molecule has 0 bridgehead atoms. The van der Waals surface area contributed by atoms with Crippen LogP contribution in [0, 0.1) is 5.92 Å². The van der Waals surface area contributed by atoms with Gasteiger partial charge in [-0.15, -0.1) is 0 Å². The molecular weight excluding hydrogens is 332 g/mol. The van der Waals surface area contributed by atoms with E-state index in [1.807, 2.05) is 0 Å². The topological polar surface area (TPSA) is 80.5 Å². The van der Waals surface area contributed by atoms with Crippen LogP contribution in [0.25, 0.3) is 0 Å². The minimum atomic E-state index is -0.221. The van der Waals surface area contributed by atoms with Crippen LogP contribution in [0.5, 0.6) is 0 Å². The van der Waals surface area contributed by atoms with Crippen molar-refractivity contribution in [3.05, 3.63) is 11.7 Å². The fourth-order valence-electron chi connectivity index (χ4n) is 4.17. The van der Waals surface area contributed by atoms with Crippen molar-refractivity contribution in [3.8, 4) is 0 Å². The zero-order valence-electron chi connectivity index (χ0n) is 15.7. The average Bonchev–Trinajstić information content (AvgIpc) is 3.12. The van der Waals surface area contributed by atoms with Gasteiger partial charge in [-0.05, 0) is 51.0 Å². The van der Waals surface area contributed by atoms with Crippen molar-refractivity contribution >= 4 is 5.91 Å². The Labute approximate surface area is 154 Å². The molecule has 7 heteroatoms. The van der Waals surface area contributed by atoms with Gasteiger partial charge in [-0.1, -0.05) is 24.9 Å². The lowest BCUT2D eigenvalue weighted by Crippen LogP contribution is -2.32. The van der Waals surface area contributed by atoms with Gasteiger partial charge in [0.2, 0.25) is 5.89 Å². The second-order valence-electron chi connectivity index (χ2n) is 8.07. The molecular formula is C19H30N4O3. The summed E-state index contributed by atoms with van der Waals surface area (Å²) in [6.07, 6.45) is 9.70. The number of nitrogens with zero attached hydrogens (tertiary/aromatic N) is 3. The number of carbonyl (C=O) groups is 1. The van der Waals surface area contributed by atoms with E-state index in [2.05, 4.69) is 27.3 Å². The van der Waals surface area contributed by atoms with Gasteiger partial charge in [0.05, 0.1) is 18.8 Å². The van der Waals surface area contributed by atoms with E-state index in [0.29, 0.717) is 24.0 Å². The molecule has 4 rings (SSSR count). The molecule has 26 heavy (non-hydrogen) atoms. The lowest BCUT2D eigenvalue weighted by Gasteiger charge is -2.30. The number of likely N-dealkylation sites (tertiary alicyclic amines) is 1. The maximum Gasteiger partial charge on any atom is 0.292 e. The molecule has 1 aromatic rings. The second-order valence-corrected chi connectivity index (χ2v) is 8.07. The van der Waals surface area contributed by atoms with E-state index in [0.717, 1.165) is 45.4 Å². The molecule has 1 amide bonds. The van der Waals surface area contributed by atoms with Crippen LogP contribution in [-0.4, -0.2) is 52.8 Å². The zero-order chi connectivity index (χ0) is 17.9. The van der Waals surface area contributed by atoms with Gasteiger partial charge in [0.25, 0.3) is 11.7 Å². The molecule has 1 saturated heterocycles. The number of carbonyl (C=O) groups excluding carboxylic acids is 1. The van der Waals surface area contributed by atoms with E-state index in [4.69, 9.17) is 9.26 Å². The summed E-state index contributed by atoms with van der Waals surface area (Å²) in [6.45, 7) is 4.93. The predicted molar refractivity (Wildman–Crippen MR) is 95.7 cm³/mol. The highest BCUT2D eigenvalue weighted by molar-refractivity contribution is 5.90. The molecule has 1 aromatic heterocycles. The van der Waals surface area contributed by atoms with Crippen LogP contribution < -0.4 is 5.32 Å². The quantitative estimate of drug-likeness (QED) is 0.803. The summed E-state index contributed by atoms with van der Waals surface area (Å²) in [7, 11) is 0. The minimum absolute atomic E-state index is 0.109. The summed E-state index contributed by atoms with van der Waals surface area (Å²) in [5, 5.41) is 6.79. The number of hydrogen-bond acceptors (Lipinski definition) is 6. The third-order valence-corrected chi connectivity index (χ3v) is 5.95. The normalized spacial score (nSPS) is 29.8. The highest BCUT2D eigenvalue weighted by Gasteiger charge is 2.32. The van der Waals surface area contributed by atoms with Crippen molar-refractivity contribution in [2.75, 3.05) is 19.7 Å². The fraction of sp³-hybridized carbons (Fsp3) is 0.842. The summed E-state index contributed by atoms with van der Waals surface area (Å²) in [5.74, 6) is 1.17. The molecule has 0 radical (unpaired) electrons. The highest BCUT2D eigenvalue weighted by Crippen LogP contribution is 2.31. The Morgan fingerprint density at radius 2 is 2.08 bits per heavy atom. The SMILES string of the molecule is CC1CCCCC1OCCN1CCCC1c1nc(C(=O)NC2CC2)no1. The third-order valence-electron chi connectivity index (χ3n) is 5.95. The average molecular weight is 362 g/mol. The molecule has 3 aliphatic rings. The van der Waals surface area contributed by atoms with Crippen LogP contribution in [0.15, 0.2) is 4.52 Å². The Hall–Kier alpha value is -1.47. The van der Waals surface area contributed by atoms with Gasteiger partial charge in [-0.2, -0.15) is 4.98 Å². The molecule has 2 aliphatic carbocycles. The summed E-state index contributed by atoms with van der Waals surface area (Å²) in [5.41, 5.74) is 0. The number of rotatable bonds is 7. The monoisotopic (exact) mass is 362 g/mol. The molecule has 3 unspecified atom stereocenters. The van der Waals surface area contributed by atoms with Crippen molar-refractivity contribution in [1.82, 2.24) is 20.4 Å². The van der Waals surface area contributed by atoms with Crippen molar-refractivity contribution in [2.45, 2.75) is 76.5 Å². The molecule has 3 atom stereocenters. The standard InChI is InChI=1S/C19H30N4O3/c1-13-5-2-3-7-16(13)25-12-11-23-10-4-6-15(23)19-21-17(22-26-19)18(24)20-14-8-9-14/h13-16H,2-12H2,1H3,(H,20,24). The Bertz CT molecular complexity index is 616. The number of nitrogens with one attached hydrogen (secondary N) is 1. The first-order valence-electron chi connectivity index (χ1n) is 10.2. The van der Waals surface area contributed by atoms with E-state index < -0.39 is 0 Å². The van der Waals surface area contributed by atoms with Gasteiger partial charge in [0.1, 0.15) is 0 Å². The van der Waals surface area contributed by atoms with Crippen LogP contribution in [0.4, 0.5) is 0 Å². The molecule has 7 nitrogen and oxygen atoms in total. The summed E-state index contributed by atoms with van der Waals surface area (Å²) in [4.78, 5) is 18.8. The van der Waals surface area contributed by atoms with Gasteiger partial charge in [-0.3, -0.25) is 9.69 Å². The largest absolute Gasteiger partial charge is 0.377 e. The maximum atomic E-state index is 12.1. The Morgan fingerprint density at radius 1 is 1.23 bits per heavy atom. The van der Waals surface area contributed by atoms with Crippen molar-refractivity contribution in [3.63, 3.8) is 0 Å². The molecule has 2 saturated carbocycles. The van der Waals surface area contributed by atoms with Crippen molar-refractivity contribution in [1.29, 1.82) is 0 Å². The molecule has 0 aromatic carbocycles. The van der Waals surface area contributed by atoms with Gasteiger partial charge in [0, 0.05) is 12.6 Å².